The van der Waals surface area contributed by atoms with Crippen LogP contribution in [0.2, 0.25) is 5.02 Å². The average Bonchev–Trinajstić information content (AvgIpc) is 3.32. The van der Waals surface area contributed by atoms with Gasteiger partial charge in [-0.15, -0.1) is 10.2 Å². The van der Waals surface area contributed by atoms with Crippen LogP contribution in [-0.4, -0.2) is 51.2 Å². The van der Waals surface area contributed by atoms with Crippen LogP contribution in [0, 0.1) is 0 Å². The summed E-state index contributed by atoms with van der Waals surface area (Å²) in [6.07, 6.45) is 1.79. The Hall–Kier alpha value is -1.80. The molecule has 1 fully saturated rings. The maximum absolute atomic E-state index is 6.30. The number of morpholine rings is 1. The van der Waals surface area contributed by atoms with Gasteiger partial charge in [-0.1, -0.05) is 41.6 Å². The lowest BCUT2D eigenvalue weighted by atomic mass is 10.2. The molecule has 6 nitrogen and oxygen atoms in total. The van der Waals surface area contributed by atoms with Crippen LogP contribution in [-0.2, 0) is 18.3 Å². The second kappa shape index (κ2) is 8.48. The molecule has 8 heteroatoms. The first-order valence-corrected chi connectivity index (χ1v) is 10.2. The lowest BCUT2D eigenvalue weighted by molar-refractivity contribution is -0.0187. The van der Waals surface area contributed by atoms with Gasteiger partial charge in [0.05, 0.1) is 19.0 Å². The number of aromatic nitrogens is 3. The Labute approximate surface area is 167 Å². The topological polar surface area (TPSA) is 56.3 Å². The van der Waals surface area contributed by atoms with Crippen molar-refractivity contribution in [3.63, 3.8) is 0 Å². The van der Waals surface area contributed by atoms with Crippen molar-refractivity contribution in [2.75, 3.05) is 25.4 Å². The maximum atomic E-state index is 6.30. The molecule has 1 aromatic carbocycles. The molecule has 0 spiro atoms. The highest BCUT2D eigenvalue weighted by Gasteiger charge is 2.22. The summed E-state index contributed by atoms with van der Waals surface area (Å²) in [4.78, 5) is 2.39. The van der Waals surface area contributed by atoms with Crippen LogP contribution < -0.4 is 0 Å². The summed E-state index contributed by atoms with van der Waals surface area (Å²) in [5.74, 6) is 2.27. The van der Waals surface area contributed by atoms with Crippen molar-refractivity contribution in [1.29, 1.82) is 0 Å². The van der Waals surface area contributed by atoms with Crippen molar-refractivity contribution in [2.45, 2.75) is 17.8 Å². The van der Waals surface area contributed by atoms with E-state index in [0.717, 1.165) is 59.3 Å². The van der Waals surface area contributed by atoms with Crippen molar-refractivity contribution in [3.05, 3.63) is 53.2 Å². The molecule has 27 heavy (non-hydrogen) atoms. The third kappa shape index (κ3) is 4.38. The van der Waals surface area contributed by atoms with Crippen molar-refractivity contribution in [3.8, 4) is 11.6 Å². The lowest BCUT2D eigenvalue weighted by Crippen LogP contribution is -2.43. The fourth-order valence-electron chi connectivity index (χ4n) is 3.12. The second-order valence-corrected chi connectivity index (χ2v) is 7.87. The Morgan fingerprint density at radius 1 is 1.22 bits per heavy atom. The van der Waals surface area contributed by atoms with Gasteiger partial charge in [0.1, 0.15) is 0 Å². The second-order valence-electron chi connectivity index (χ2n) is 6.47. The first-order chi connectivity index (χ1) is 13.2. The molecule has 1 aliphatic rings. The van der Waals surface area contributed by atoms with Crippen LogP contribution in [0.4, 0.5) is 0 Å². The minimum atomic E-state index is 0.148. The van der Waals surface area contributed by atoms with Gasteiger partial charge in [0.25, 0.3) is 0 Å². The van der Waals surface area contributed by atoms with Gasteiger partial charge < -0.3 is 13.7 Å². The molecule has 0 bridgehead atoms. The van der Waals surface area contributed by atoms with Gasteiger partial charge in [-0.25, -0.2) is 0 Å². The molecule has 3 aromatic rings. The van der Waals surface area contributed by atoms with Gasteiger partial charge in [-0.3, -0.25) is 4.90 Å². The zero-order valence-corrected chi connectivity index (χ0v) is 16.6. The van der Waals surface area contributed by atoms with Gasteiger partial charge in [0.15, 0.2) is 16.7 Å². The Bertz CT molecular complexity index is 884. The molecule has 0 unspecified atom stereocenters. The molecule has 0 N–H and O–H groups in total. The Kier molecular flexibility index (Phi) is 5.83. The standard InChI is InChI=1S/C19H21ClN4O2S/c1-23-18(17-7-4-9-26-17)21-22-19(23)27-13-15-12-24(8-10-25-15)11-14-5-2-3-6-16(14)20/h2-7,9,15H,8,10-13H2,1H3/t15-/m0/s1. The van der Waals surface area contributed by atoms with Crippen LogP contribution in [0.3, 0.4) is 0 Å². The highest BCUT2D eigenvalue weighted by atomic mass is 35.5. The van der Waals surface area contributed by atoms with Gasteiger partial charge in [0, 0.05) is 37.5 Å². The number of nitrogens with zero attached hydrogens (tertiary/aromatic N) is 4. The predicted octanol–water partition coefficient (Wildman–Crippen LogP) is 3.72. The summed E-state index contributed by atoms with van der Waals surface area (Å²) in [5.41, 5.74) is 1.16. The molecule has 1 saturated heterocycles. The van der Waals surface area contributed by atoms with E-state index in [1.165, 1.54) is 0 Å². The average molecular weight is 405 g/mol. The zero-order chi connectivity index (χ0) is 18.6. The summed E-state index contributed by atoms with van der Waals surface area (Å²) in [6, 6.07) is 11.7. The minimum Gasteiger partial charge on any atom is -0.461 e. The van der Waals surface area contributed by atoms with Gasteiger partial charge in [-0.05, 0) is 23.8 Å². The third-order valence-corrected chi connectivity index (χ3v) is 6.07. The predicted molar refractivity (Wildman–Crippen MR) is 106 cm³/mol. The van der Waals surface area contributed by atoms with E-state index in [-0.39, 0.29) is 6.10 Å². The smallest absolute Gasteiger partial charge is 0.200 e. The molecule has 4 rings (SSSR count). The third-order valence-electron chi connectivity index (χ3n) is 4.55. The number of ether oxygens (including phenoxy) is 1. The van der Waals surface area contributed by atoms with Crippen LogP contribution in [0.1, 0.15) is 5.56 Å². The number of thioether (sulfide) groups is 1. The summed E-state index contributed by atoms with van der Waals surface area (Å²) >= 11 is 7.95. The summed E-state index contributed by atoms with van der Waals surface area (Å²) in [7, 11) is 1.95. The SMILES string of the molecule is Cn1c(SC[C@@H]2CN(Cc3ccccc3Cl)CCO2)nnc1-c1ccco1. The number of benzene rings is 1. The van der Waals surface area contributed by atoms with E-state index in [4.69, 9.17) is 20.8 Å². The summed E-state index contributed by atoms with van der Waals surface area (Å²) in [5, 5.41) is 10.2. The van der Waals surface area contributed by atoms with Crippen LogP contribution >= 0.6 is 23.4 Å². The number of furan rings is 1. The molecule has 0 aliphatic carbocycles. The number of hydrogen-bond donors (Lipinski definition) is 0. The van der Waals surface area contributed by atoms with Crippen LogP contribution in [0.15, 0.2) is 52.2 Å². The van der Waals surface area contributed by atoms with Crippen molar-refractivity contribution in [1.82, 2.24) is 19.7 Å². The Balaban J connectivity index is 1.34. The van der Waals surface area contributed by atoms with E-state index >= 15 is 0 Å². The zero-order valence-electron chi connectivity index (χ0n) is 15.0. The van der Waals surface area contributed by atoms with Crippen LogP contribution in [0.5, 0.6) is 0 Å². The summed E-state index contributed by atoms with van der Waals surface area (Å²) < 4.78 is 13.3. The van der Waals surface area contributed by atoms with Gasteiger partial charge in [0.2, 0.25) is 0 Å². The first kappa shape index (κ1) is 18.6. The van der Waals surface area contributed by atoms with Crippen LogP contribution in [0.25, 0.3) is 11.6 Å². The Morgan fingerprint density at radius 2 is 2.11 bits per heavy atom. The van der Waals surface area contributed by atoms with E-state index in [2.05, 4.69) is 21.2 Å². The van der Waals surface area contributed by atoms with E-state index in [0.29, 0.717) is 0 Å². The Morgan fingerprint density at radius 3 is 2.93 bits per heavy atom. The monoisotopic (exact) mass is 404 g/mol. The molecule has 0 radical (unpaired) electrons. The highest BCUT2D eigenvalue weighted by molar-refractivity contribution is 7.99. The van der Waals surface area contributed by atoms with Gasteiger partial charge >= 0.3 is 0 Å². The quantitative estimate of drug-likeness (QED) is 0.583. The van der Waals surface area contributed by atoms with Crippen molar-refractivity contribution in [2.24, 2.45) is 7.05 Å². The fourth-order valence-corrected chi connectivity index (χ4v) is 4.23. The first-order valence-electron chi connectivity index (χ1n) is 8.84. The van der Waals surface area contributed by atoms with E-state index < -0.39 is 0 Å². The van der Waals surface area contributed by atoms with E-state index in [9.17, 15) is 0 Å². The fraction of sp³-hybridized carbons (Fsp3) is 0.368. The van der Waals surface area contributed by atoms with Gasteiger partial charge in [-0.2, -0.15) is 0 Å². The lowest BCUT2D eigenvalue weighted by Gasteiger charge is -2.32. The number of hydrogen-bond acceptors (Lipinski definition) is 6. The molecule has 0 saturated carbocycles. The molecule has 1 aliphatic heterocycles. The minimum absolute atomic E-state index is 0.148. The van der Waals surface area contributed by atoms with E-state index in [1.807, 2.05) is 41.9 Å². The normalized spacial score (nSPS) is 18.1. The number of rotatable bonds is 6. The highest BCUT2D eigenvalue weighted by Crippen LogP contribution is 2.25. The van der Waals surface area contributed by atoms with Crippen molar-refractivity contribution < 1.29 is 9.15 Å². The summed E-state index contributed by atoms with van der Waals surface area (Å²) in [6.45, 7) is 3.36. The van der Waals surface area contributed by atoms with Crippen molar-refractivity contribution >= 4 is 23.4 Å². The molecular weight excluding hydrogens is 384 g/mol. The molecule has 3 heterocycles. The largest absolute Gasteiger partial charge is 0.461 e. The maximum Gasteiger partial charge on any atom is 0.200 e. The molecule has 2 aromatic heterocycles. The molecule has 1 atom stereocenters. The number of halogens is 1. The molecular formula is C19H21ClN4O2S. The molecule has 142 valence electrons. The molecule has 0 amide bonds. The van der Waals surface area contributed by atoms with E-state index in [1.54, 1.807) is 18.0 Å².